The van der Waals surface area contributed by atoms with Gasteiger partial charge in [-0.1, -0.05) is 46.3 Å². The molecule has 0 radical (unpaired) electrons. The second kappa shape index (κ2) is 5.58. The summed E-state index contributed by atoms with van der Waals surface area (Å²) in [5, 5.41) is 0. The largest absolute Gasteiger partial charge is 0.398 e. The lowest BCUT2D eigenvalue weighted by atomic mass is 9.95. The number of halogens is 1. The third-order valence-corrected chi connectivity index (χ3v) is 4.96. The molecule has 1 unspecified atom stereocenters. The van der Waals surface area contributed by atoms with Crippen LogP contribution in [0.15, 0.2) is 46.9 Å². The lowest BCUT2D eigenvalue weighted by molar-refractivity contribution is 0.192. The van der Waals surface area contributed by atoms with Crippen LogP contribution in [-0.2, 0) is 13.0 Å². The van der Waals surface area contributed by atoms with Crippen LogP contribution < -0.4 is 5.73 Å². The minimum atomic E-state index is 0.403. The average molecular weight is 331 g/mol. The van der Waals surface area contributed by atoms with Crippen LogP contribution in [0.2, 0.25) is 0 Å². The Balaban J connectivity index is 1.85. The normalized spacial score (nSPS) is 16.7. The van der Waals surface area contributed by atoms with Crippen LogP contribution in [0.5, 0.6) is 0 Å². The summed E-state index contributed by atoms with van der Waals surface area (Å²) < 4.78 is 1.19. The van der Waals surface area contributed by atoms with Crippen LogP contribution in [0.25, 0.3) is 0 Å². The maximum absolute atomic E-state index is 6.07. The van der Waals surface area contributed by atoms with Crippen molar-refractivity contribution >= 4 is 21.6 Å². The minimum Gasteiger partial charge on any atom is -0.398 e. The number of benzene rings is 2. The maximum atomic E-state index is 6.07. The van der Waals surface area contributed by atoms with Gasteiger partial charge in [-0.05, 0) is 42.2 Å². The van der Waals surface area contributed by atoms with Gasteiger partial charge in [-0.25, -0.2) is 0 Å². The number of nitrogens with zero attached hydrogens (tertiary/aromatic N) is 1. The molecule has 2 nitrogen and oxygen atoms in total. The molecule has 0 saturated carbocycles. The zero-order valence-corrected chi connectivity index (χ0v) is 13.2. The zero-order chi connectivity index (χ0) is 14.1. The monoisotopic (exact) mass is 330 g/mol. The van der Waals surface area contributed by atoms with Gasteiger partial charge in [0.2, 0.25) is 0 Å². The van der Waals surface area contributed by atoms with Crippen molar-refractivity contribution in [3.05, 3.63) is 63.6 Å². The first kappa shape index (κ1) is 13.7. The molecule has 0 amide bonds. The molecule has 2 aromatic carbocycles. The second-order valence-corrected chi connectivity index (χ2v) is 6.26. The summed E-state index contributed by atoms with van der Waals surface area (Å²) in [6.07, 6.45) is 1.04. The first-order valence-corrected chi connectivity index (χ1v) is 7.81. The van der Waals surface area contributed by atoms with Gasteiger partial charge in [0.05, 0.1) is 0 Å². The van der Waals surface area contributed by atoms with Crippen LogP contribution >= 0.6 is 15.9 Å². The van der Waals surface area contributed by atoms with Crippen molar-refractivity contribution in [3.8, 4) is 0 Å². The Hall–Kier alpha value is -1.32. The van der Waals surface area contributed by atoms with E-state index in [2.05, 4.69) is 64.2 Å². The molecule has 3 rings (SSSR count). The smallest absolute Gasteiger partial charge is 0.0350 e. The molecule has 2 aromatic rings. The van der Waals surface area contributed by atoms with Gasteiger partial charge in [-0.15, -0.1) is 0 Å². The molecule has 0 saturated heterocycles. The summed E-state index contributed by atoms with van der Waals surface area (Å²) >= 11 is 3.66. The van der Waals surface area contributed by atoms with Crippen LogP contribution in [0, 0.1) is 0 Å². The molecule has 0 fully saturated rings. The summed E-state index contributed by atoms with van der Waals surface area (Å²) in [4.78, 5) is 2.52. The highest BCUT2D eigenvalue weighted by molar-refractivity contribution is 9.10. The molecule has 1 atom stereocenters. The predicted octanol–water partition coefficient (Wildman–Crippen LogP) is 4.15. The van der Waals surface area contributed by atoms with E-state index in [1.807, 2.05) is 6.07 Å². The molecular formula is C17H19BrN2. The molecule has 2 N–H and O–H groups in total. The average Bonchev–Trinajstić information content (AvgIpc) is 2.47. The third-order valence-electron chi connectivity index (χ3n) is 4.23. The molecular weight excluding hydrogens is 312 g/mol. The van der Waals surface area contributed by atoms with Gasteiger partial charge in [0.25, 0.3) is 0 Å². The second-order valence-electron chi connectivity index (χ2n) is 5.40. The Morgan fingerprint density at radius 3 is 2.75 bits per heavy atom. The number of fused-ring (bicyclic) bond motifs is 1. The van der Waals surface area contributed by atoms with E-state index in [-0.39, 0.29) is 0 Å². The van der Waals surface area contributed by atoms with E-state index in [9.17, 15) is 0 Å². The zero-order valence-electron chi connectivity index (χ0n) is 11.6. The lowest BCUT2D eigenvalue weighted by Crippen LogP contribution is -2.33. The fourth-order valence-electron chi connectivity index (χ4n) is 3.00. The summed E-state index contributed by atoms with van der Waals surface area (Å²) in [5.41, 5.74) is 11.1. The van der Waals surface area contributed by atoms with E-state index in [0.717, 1.165) is 25.2 Å². The van der Waals surface area contributed by atoms with Gasteiger partial charge in [-0.3, -0.25) is 4.90 Å². The quantitative estimate of drug-likeness (QED) is 0.838. The summed E-state index contributed by atoms with van der Waals surface area (Å²) in [7, 11) is 0. The van der Waals surface area contributed by atoms with Crippen molar-refractivity contribution in [2.75, 3.05) is 12.3 Å². The van der Waals surface area contributed by atoms with Crippen molar-refractivity contribution in [2.24, 2.45) is 0 Å². The molecule has 3 heteroatoms. The van der Waals surface area contributed by atoms with Crippen molar-refractivity contribution in [2.45, 2.75) is 25.9 Å². The standard InChI is InChI=1S/C17H19BrN2/c1-12(14-6-2-3-7-16(14)18)20-10-9-15-13(11-20)5-4-8-17(15)19/h2-8,12H,9-11,19H2,1H3. The number of hydrogen-bond donors (Lipinski definition) is 1. The van der Waals surface area contributed by atoms with Crippen molar-refractivity contribution < 1.29 is 0 Å². The maximum Gasteiger partial charge on any atom is 0.0350 e. The van der Waals surface area contributed by atoms with Gasteiger partial charge in [0.1, 0.15) is 0 Å². The summed E-state index contributed by atoms with van der Waals surface area (Å²) in [5.74, 6) is 0. The van der Waals surface area contributed by atoms with E-state index >= 15 is 0 Å². The van der Waals surface area contributed by atoms with Crippen LogP contribution in [0.3, 0.4) is 0 Å². The van der Waals surface area contributed by atoms with Gasteiger partial charge in [0, 0.05) is 29.3 Å². The highest BCUT2D eigenvalue weighted by Gasteiger charge is 2.23. The van der Waals surface area contributed by atoms with Crippen molar-refractivity contribution in [1.82, 2.24) is 4.90 Å². The number of nitrogen functional groups attached to an aromatic ring is 1. The van der Waals surface area contributed by atoms with Gasteiger partial charge >= 0.3 is 0 Å². The fraction of sp³-hybridized carbons (Fsp3) is 0.294. The summed E-state index contributed by atoms with van der Waals surface area (Å²) in [6.45, 7) is 4.31. The molecule has 1 aliphatic heterocycles. The SMILES string of the molecule is CC(c1ccccc1Br)N1CCc2c(N)cccc2C1. The minimum absolute atomic E-state index is 0.403. The molecule has 1 heterocycles. The Labute approximate surface area is 128 Å². The van der Waals surface area contributed by atoms with Crippen LogP contribution in [-0.4, -0.2) is 11.4 Å². The Kier molecular flexibility index (Phi) is 3.81. The third kappa shape index (κ3) is 2.48. The first-order chi connectivity index (χ1) is 9.66. The van der Waals surface area contributed by atoms with E-state index in [1.54, 1.807) is 0 Å². The van der Waals surface area contributed by atoms with E-state index in [0.29, 0.717) is 6.04 Å². The molecule has 104 valence electrons. The number of hydrogen-bond acceptors (Lipinski definition) is 2. The van der Waals surface area contributed by atoms with E-state index in [4.69, 9.17) is 5.73 Å². The molecule has 0 spiro atoms. The Bertz CT molecular complexity index is 624. The number of anilines is 1. The summed E-state index contributed by atoms with van der Waals surface area (Å²) in [6, 6.07) is 15.1. The molecule has 1 aliphatic rings. The predicted molar refractivity (Wildman–Crippen MR) is 87.5 cm³/mol. The van der Waals surface area contributed by atoms with E-state index < -0.39 is 0 Å². The fourth-order valence-corrected chi connectivity index (χ4v) is 3.62. The molecule has 20 heavy (non-hydrogen) atoms. The van der Waals surface area contributed by atoms with Crippen LogP contribution in [0.4, 0.5) is 5.69 Å². The molecule has 0 aliphatic carbocycles. The van der Waals surface area contributed by atoms with Gasteiger partial charge in [-0.2, -0.15) is 0 Å². The van der Waals surface area contributed by atoms with Gasteiger partial charge in [0.15, 0.2) is 0 Å². The Morgan fingerprint density at radius 2 is 1.95 bits per heavy atom. The molecule has 0 aromatic heterocycles. The van der Waals surface area contributed by atoms with Gasteiger partial charge < -0.3 is 5.73 Å². The van der Waals surface area contributed by atoms with Crippen LogP contribution in [0.1, 0.15) is 29.7 Å². The molecule has 0 bridgehead atoms. The first-order valence-electron chi connectivity index (χ1n) is 7.01. The topological polar surface area (TPSA) is 29.3 Å². The number of nitrogens with two attached hydrogens (primary N) is 1. The Morgan fingerprint density at radius 1 is 1.15 bits per heavy atom. The number of rotatable bonds is 2. The lowest BCUT2D eigenvalue weighted by Gasteiger charge is -2.34. The van der Waals surface area contributed by atoms with Crippen molar-refractivity contribution in [3.63, 3.8) is 0 Å². The van der Waals surface area contributed by atoms with Crippen molar-refractivity contribution in [1.29, 1.82) is 0 Å². The van der Waals surface area contributed by atoms with E-state index in [1.165, 1.54) is 21.2 Å². The highest BCUT2D eigenvalue weighted by atomic mass is 79.9. The highest BCUT2D eigenvalue weighted by Crippen LogP contribution is 2.32.